The maximum absolute atomic E-state index is 12.5. The summed E-state index contributed by atoms with van der Waals surface area (Å²) in [5.74, 6) is 1.10. The van der Waals surface area contributed by atoms with Crippen molar-refractivity contribution in [2.24, 2.45) is 5.92 Å². The lowest BCUT2D eigenvalue weighted by molar-refractivity contribution is -0.133. The number of rotatable bonds is 7. The summed E-state index contributed by atoms with van der Waals surface area (Å²) < 4.78 is 5.62. The second-order valence-electron chi connectivity index (χ2n) is 7.27. The third-order valence-electron chi connectivity index (χ3n) is 5.22. The molecule has 0 spiro atoms. The molecule has 0 aromatic heterocycles. The molecular formula is C20H28ClN3O3. The Bertz CT molecular complexity index is 649. The van der Waals surface area contributed by atoms with Gasteiger partial charge in [0.2, 0.25) is 11.8 Å². The van der Waals surface area contributed by atoms with Crippen LogP contribution in [0.1, 0.15) is 32.1 Å². The Labute approximate surface area is 165 Å². The molecule has 6 nitrogen and oxygen atoms in total. The van der Waals surface area contributed by atoms with Gasteiger partial charge >= 0.3 is 0 Å². The zero-order chi connectivity index (χ0) is 19.1. The van der Waals surface area contributed by atoms with Crippen LogP contribution in [0.4, 0.5) is 0 Å². The number of ether oxygens (including phenoxy) is 1. The molecular weight excluding hydrogens is 366 g/mol. The molecule has 2 fully saturated rings. The van der Waals surface area contributed by atoms with E-state index < -0.39 is 0 Å². The quantitative estimate of drug-likeness (QED) is 0.745. The Kier molecular flexibility index (Phi) is 7.35. The van der Waals surface area contributed by atoms with Gasteiger partial charge in [0.05, 0.1) is 24.1 Å². The molecule has 2 saturated heterocycles. The number of halogens is 1. The topological polar surface area (TPSA) is 70.7 Å². The van der Waals surface area contributed by atoms with E-state index in [1.165, 1.54) is 0 Å². The predicted molar refractivity (Wildman–Crippen MR) is 105 cm³/mol. The summed E-state index contributed by atoms with van der Waals surface area (Å²) in [6.07, 6.45) is 4.31. The summed E-state index contributed by atoms with van der Waals surface area (Å²) in [6, 6.07) is 7.21. The van der Waals surface area contributed by atoms with Crippen molar-refractivity contribution >= 4 is 23.4 Å². The summed E-state index contributed by atoms with van der Waals surface area (Å²) in [7, 11) is 0. The molecule has 0 saturated carbocycles. The summed E-state index contributed by atoms with van der Waals surface area (Å²) in [4.78, 5) is 26.5. The highest BCUT2D eigenvalue weighted by atomic mass is 35.5. The molecule has 2 aliphatic rings. The third kappa shape index (κ3) is 5.84. The minimum Gasteiger partial charge on any atom is -0.491 e. The molecule has 2 N–H and O–H groups in total. The molecule has 148 valence electrons. The van der Waals surface area contributed by atoms with Gasteiger partial charge in [-0.25, -0.2) is 0 Å². The fourth-order valence-electron chi connectivity index (χ4n) is 3.70. The lowest BCUT2D eigenvalue weighted by Crippen LogP contribution is -2.46. The van der Waals surface area contributed by atoms with E-state index in [0.29, 0.717) is 42.8 Å². The summed E-state index contributed by atoms with van der Waals surface area (Å²) >= 11 is 6.06. The predicted octanol–water partition coefficient (Wildman–Crippen LogP) is 2.22. The zero-order valence-corrected chi connectivity index (χ0v) is 16.3. The Hall–Kier alpha value is -1.79. The van der Waals surface area contributed by atoms with Crippen molar-refractivity contribution in [2.45, 2.75) is 38.1 Å². The molecule has 2 amide bonds. The largest absolute Gasteiger partial charge is 0.491 e. The van der Waals surface area contributed by atoms with E-state index in [0.717, 1.165) is 38.8 Å². The number of nitrogens with one attached hydrogen (secondary N) is 2. The van der Waals surface area contributed by atoms with E-state index >= 15 is 0 Å². The van der Waals surface area contributed by atoms with Crippen molar-refractivity contribution in [2.75, 3.05) is 32.8 Å². The van der Waals surface area contributed by atoms with E-state index in [9.17, 15) is 9.59 Å². The second kappa shape index (κ2) is 9.95. The van der Waals surface area contributed by atoms with Crippen LogP contribution < -0.4 is 15.4 Å². The van der Waals surface area contributed by atoms with Crippen molar-refractivity contribution in [1.29, 1.82) is 0 Å². The van der Waals surface area contributed by atoms with Crippen LogP contribution in [0, 0.1) is 5.92 Å². The Balaban J connectivity index is 1.38. The van der Waals surface area contributed by atoms with Gasteiger partial charge in [-0.05, 0) is 50.3 Å². The summed E-state index contributed by atoms with van der Waals surface area (Å²) in [5, 5.41) is 6.81. The number of likely N-dealkylation sites (tertiary alicyclic amines) is 1. The molecule has 0 aliphatic carbocycles. The van der Waals surface area contributed by atoms with E-state index in [1.807, 2.05) is 17.0 Å². The van der Waals surface area contributed by atoms with Gasteiger partial charge < -0.3 is 20.3 Å². The molecule has 1 aromatic carbocycles. The highest BCUT2D eigenvalue weighted by Crippen LogP contribution is 2.23. The first-order valence-corrected chi connectivity index (χ1v) is 10.2. The normalized spacial score (nSPS) is 22.5. The van der Waals surface area contributed by atoms with E-state index in [-0.39, 0.29) is 17.9 Å². The van der Waals surface area contributed by atoms with Gasteiger partial charge in [0.15, 0.2) is 0 Å². The van der Waals surface area contributed by atoms with Crippen molar-refractivity contribution in [3.05, 3.63) is 29.3 Å². The van der Waals surface area contributed by atoms with Gasteiger partial charge in [-0.15, -0.1) is 0 Å². The average molecular weight is 394 g/mol. The maximum atomic E-state index is 12.5. The lowest BCUT2D eigenvalue weighted by atomic mass is 9.97. The Morgan fingerprint density at radius 2 is 2.11 bits per heavy atom. The number of benzene rings is 1. The van der Waals surface area contributed by atoms with Crippen LogP contribution >= 0.6 is 11.6 Å². The van der Waals surface area contributed by atoms with Gasteiger partial charge in [0.1, 0.15) is 5.75 Å². The molecule has 2 heterocycles. The van der Waals surface area contributed by atoms with E-state index in [4.69, 9.17) is 16.3 Å². The van der Waals surface area contributed by atoms with Gasteiger partial charge in [0.25, 0.3) is 0 Å². The fourth-order valence-corrected chi connectivity index (χ4v) is 3.89. The van der Waals surface area contributed by atoms with Crippen molar-refractivity contribution in [3.63, 3.8) is 0 Å². The molecule has 1 aromatic rings. The van der Waals surface area contributed by atoms with Crippen LogP contribution in [-0.2, 0) is 9.59 Å². The summed E-state index contributed by atoms with van der Waals surface area (Å²) in [6.45, 7) is 3.34. The van der Waals surface area contributed by atoms with Crippen LogP contribution in [0.15, 0.2) is 24.3 Å². The monoisotopic (exact) mass is 393 g/mol. The number of hydrogen-bond acceptors (Lipinski definition) is 4. The smallest absolute Gasteiger partial charge is 0.237 e. The number of para-hydroxylation sites is 1. The molecule has 7 heteroatoms. The molecule has 27 heavy (non-hydrogen) atoms. The van der Waals surface area contributed by atoms with Gasteiger partial charge in [-0.2, -0.15) is 0 Å². The van der Waals surface area contributed by atoms with Crippen LogP contribution in [0.2, 0.25) is 5.02 Å². The molecule has 2 unspecified atom stereocenters. The first kappa shape index (κ1) is 20.0. The highest BCUT2D eigenvalue weighted by molar-refractivity contribution is 6.32. The van der Waals surface area contributed by atoms with Gasteiger partial charge in [-0.3, -0.25) is 9.59 Å². The van der Waals surface area contributed by atoms with Crippen molar-refractivity contribution in [1.82, 2.24) is 15.5 Å². The van der Waals surface area contributed by atoms with Gasteiger partial charge in [0, 0.05) is 19.6 Å². The molecule has 0 bridgehead atoms. The third-order valence-corrected chi connectivity index (χ3v) is 5.54. The van der Waals surface area contributed by atoms with Crippen LogP contribution in [-0.4, -0.2) is 55.5 Å². The first-order valence-electron chi connectivity index (χ1n) is 9.79. The summed E-state index contributed by atoms with van der Waals surface area (Å²) in [5.41, 5.74) is 0. The van der Waals surface area contributed by atoms with Crippen LogP contribution in [0.3, 0.4) is 0 Å². The second-order valence-corrected chi connectivity index (χ2v) is 7.68. The maximum Gasteiger partial charge on any atom is 0.237 e. The number of piperidine rings is 1. The number of carbonyl (C=O) groups excluding carboxylic acids is 2. The minimum absolute atomic E-state index is 0.0479. The lowest BCUT2D eigenvalue weighted by Gasteiger charge is -2.33. The van der Waals surface area contributed by atoms with Crippen LogP contribution in [0.5, 0.6) is 5.75 Å². The zero-order valence-electron chi connectivity index (χ0n) is 15.6. The van der Waals surface area contributed by atoms with Gasteiger partial charge in [-0.1, -0.05) is 23.7 Å². The van der Waals surface area contributed by atoms with Crippen molar-refractivity contribution in [3.8, 4) is 5.75 Å². The number of carbonyl (C=O) groups is 2. The number of amides is 2. The van der Waals surface area contributed by atoms with Crippen LogP contribution in [0.25, 0.3) is 0 Å². The molecule has 2 aliphatic heterocycles. The molecule has 3 rings (SSSR count). The number of nitrogens with zero attached hydrogens (tertiary/aromatic N) is 1. The molecule has 2 atom stereocenters. The fraction of sp³-hybridized carbons (Fsp3) is 0.600. The van der Waals surface area contributed by atoms with Crippen molar-refractivity contribution < 1.29 is 14.3 Å². The highest BCUT2D eigenvalue weighted by Gasteiger charge is 2.26. The van der Waals surface area contributed by atoms with E-state index in [1.54, 1.807) is 12.1 Å². The van der Waals surface area contributed by atoms with E-state index in [2.05, 4.69) is 10.6 Å². The molecule has 0 radical (unpaired) electrons. The SMILES string of the molecule is O=C(NCC1CCCN(C(=O)CCOc2ccccc2Cl)C1)C1CCCN1. The minimum atomic E-state index is -0.0479. The average Bonchev–Trinajstić information content (AvgIpc) is 3.23. The number of hydrogen-bond donors (Lipinski definition) is 2. The Morgan fingerprint density at radius 1 is 1.26 bits per heavy atom. The standard InChI is InChI=1S/C20H28ClN3O3/c21-16-6-1-2-8-18(16)27-12-9-19(25)24-11-4-5-15(14-24)13-23-20(26)17-7-3-10-22-17/h1-2,6,8,15,17,22H,3-5,7,9-14H2,(H,23,26). The Morgan fingerprint density at radius 3 is 2.89 bits per heavy atom. The first-order chi connectivity index (χ1) is 13.1.